The first-order valence-corrected chi connectivity index (χ1v) is 15.8. The highest BCUT2D eigenvalue weighted by atomic mass is 15.1. The van der Waals surface area contributed by atoms with E-state index in [0.717, 1.165) is 28.4 Å². The Labute approximate surface area is 269 Å². The third kappa shape index (κ3) is 4.27. The Balaban J connectivity index is 1.21. The molecule has 2 nitrogen and oxygen atoms in total. The summed E-state index contributed by atoms with van der Waals surface area (Å²) < 4.78 is 0. The molecular weight excluding hydrogens is 556 g/mol. The first-order chi connectivity index (χ1) is 22.8. The van der Waals surface area contributed by atoms with E-state index in [4.69, 9.17) is 0 Å². The lowest BCUT2D eigenvalue weighted by molar-refractivity contribution is 1.29. The number of para-hydroxylation sites is 4. The van der Waals surface area contributed by atoms with Gasteiger partial charge in [-0.1, -0.05) is 103 Å². The highest BCUT2D eigenvalue weighted by molar-refractivity contribution is 6.20. The molecule has 0 aliphatic heterocycles. The van der Waals surface area contributed by atoms with Gasteiger partial charge in [-0.05, 0) is 117 Å². The standard InChI is InChI=1S/C44H30N2/c1-5-14-33(15-6-1)45(34-16-7-2-8-17-34)37-25-24-31-29-41-39-26-27-43(40-23-13-22-38(44(39)40)42(41)30-32(31)28-37)46(35-18-9-3-10-19-35)36-20-11-4-12-21-36/h1-30H. The van der Waals surface area contributed by atoms with Crippen LogP contribution in [0, 0.1) is 0 Å². The van der Waals surface area contributed by atoms with E-state index in [1.54, 1.807) is 0 Å². The van der Waals surface area contributed by atoms with Crippen molar-refractivity contribution in [2.45, 2.75) is 0 Å². The molecule has 1 aliphatic rings. The van der Waals surface area contributed by atoms with Crippen molar-refractivity contribution in [1.82, 2.24) is 0 Å². The van der Waals surface area contributed by atoms with E-state index in [0.29, 0.717) is 0 Å². The van der Waals surface area contributed by atoms with Crippen LogP contribution < -0.4 is 9.80 Å². The van der Waals surface area contributed by atoms with Crippen molar-refractivity contribution in [2.24, 2.45) is 0 Å². The Morgan fingerprint density at radius 2 is 0.783 bits per heavy atom. The van der Waals surface area contributed by atoms with Crippen LogP contribution >= 0.6 is 0 Å². The van der Waals surface area contributed by atoms with Crippen molar-refractivity contribution in [3.63, 3.8) is 0 Å². The van der Waals surface area contributed by atoms with Gasteiger partial charge in [0.2, 0.25) is 0 Å². The lowest BCUT2D eigenvalue weighted by Crippen LogP contribution is -2.10. The Bertz CT molecular complexity index is 2270. The molecule has 0 radical (unpaired) electrons. The van der Waals surface area contributed by atoms with Gasteiger partial charge in [0.25, 0.3) is 0 Å². The third-order valence-electron chi connectivity index (χ3n) is 9.11. The SMILES string of the molecule is c1ccc(N(c2ccccc2)c2ccc3cc4c(cc3c2)-c2cccc3c(N(c5ccccc5)c5ccccc5)ccc-4c23)cc1. The molecule has 0 spiro atoms. The maximum Gasteiger partial charge on any atom is 0.0540 e. The van der Waals surface area contributed by atoms with E-state index in [2.05, 4.69) is 192 Å². The second-order valence-corrected chi connectivity index (χ2v) is 11.8. The fourth-order valence-electron chi connectivity index (χ4n) is 7.09. The van der Waals surface area contributed by atoms with Gasteiger partial charge in [-0.3, -0.25) is 0 Å². The zero-order chi connectivity index (χ0) is 30.5. The summed E-state index contributed by atoms with van der Waals surface area (Å²) in [7, 11) is 0. The molecule has 8 aromatic rings. The van der Waals surface area contributed by atoms with Crippen LogP contribution in [0.5, 0.6) is 0 Å². The molecule has 9 rings (SSSR count). The van der Waals surface area contributed by atoms with Crippen LogP contribution in [0.4, 0.5) is 34.1 Å². The molecule has 0 heterocycles. The Kier molecular flexibility index (Phi) is 6.17. The van der Waals surface area contributed by atoms with Crippen molar-refractivity contribution in [3.05, 3.63) is 182 Å². The van der Waals surface area contributed by atoms with Crippen LogP contribution in [0.15, 0.2) is 182 Å². The summed E-state index contributed by atoms with van der Waals surface area (Å²) in [6, 6.07) is 65.5. The van der Waals surface area contributed by atoms with Gasteiger partial charge in [0, 0.05) is 33.8 Å². The lowest BCUT2D eigenvalue weighted by atomic mass is 9.98. The Morgan fingerprint density at radius 1 is 0.283 bits per heavy atom. The van der Waals surface area contributed by atoms with Crippen molar-refractivity contribution in [3.8, 4) is 22.3 Å². The maximum atomic E-state index is 2.39. The summed E-state index contributed by atoms with van der Waals surface area (Å²) in [5, 5.41) is 5.04. The molecule has 0 unspecified atom stereocenters. The quantitative estimate of drug-likeness (QED) is 0.191. The summed E-state index contributed by atoms with van der Waals surface area (Å²) in [4.78, 5) is 4.70. The molecule has 1 aliphatic carbocycles. The number of hydrogen-bond acceptors (Lipinski definition) is 2. The minimum atomic E-state index is 1.14. The Hall–Kier alpha value is -6.12. The zero-order valence-corrected chi connectivity index (χ0v) is 25.2. The van der Waals surface area contributed by atoms with Gasteiger partial charge in [-0.25, -0.2) is 0 Å². The number of benzene rings is 8. The largest absolute Gasteiger partial charge is 0.310 e. The van der Waals surface area contributed by atoms with Crippen molar-refractivity contribution in [1.29, 1.82) is 0 Å². The second-order valence-electron chi connectivity index (χ2n) is 11.8. The fraction of sp³-hybridized carbons (Fsp3) is 0. The number of rotatable bonds is 6. The number of fused-ring (bicyclic) bond motifs is 4. The first kappa shape index (κ1) is 26.3. The summed E-state index contributed by atoms with van der Waals surface area (Å²) in [6.07, 6.45) is 0. The van der Waals surface area contributed by atoms with E-state index in [1.807, 2.05) is 0 Å². The van der Waals surface area contributed by atoms with E-state index in [9.17, 15) is 0 Å². The van der Waals surface area contributed by atoms with Gasteiger partial charge < -0.3 is 9.80 Å². The van der Waals surface area contributed by atoms with Crippen molar-refractivity contribution < 1.29 is 0 Å². The molecule has 216 valence electrons. The molecule has 2 heteroatoms. The zero-order valence-electron chi connectivity index (χ0n) is 25.2. The fourth-order valence-corrected chi connectivity index (χ4v) is 7.09. The normalized spacial score (nSPS) is 11.5. The van der Waals surface area contributed by atoms with Crippen LogP contribution in [-0.2, 0) is 0 Å². The van der Waals surface area contributed by atoms with Crippen LogP contribution in [0.25, 0.3) is 43.8 Å². The van der Waals surface area contributed by atoms with E-state index >= 15 is 0 Å². The third-order valence-corrected chi connectivity index (χ3v) is 9.11. The van der Waals surface area contributed by atoms with Crippen LogP contribution in [-0.4, -0.2) is 0 Å². The summed E-state index contributed by atoms with van der Waals surface area (Å²) in [5.74, 6) is 0. The molecule has 46 heavy (non-hydrogen) atoms. The molecule has 0 amide bonds. The van der Waals surface area contributed by atoms with Gasteiger partial charge in [0.15, 0.2) is 0 Å². The van der Waals surface area contributed by atoms with Gasteiger partial charge in [-0.15, -0.1) is 0 Å². The summed E-state index contributed by atoms with van der Waals surface area (Å²) in [6.45, 7) is 0. The number of nitrogens with zero attached hydrogens (tertiary/aromatic N) is 2. The average Bonchev–Trinajstić information content (AvgIpc) is 3.44. The van der Waals surface area contributed by atoms with Gasteiger partial charge in [-0.2, -0.15) is 0 Å². The number of anilines is 6. The van der Waals surface area contributed by atoms with E-state index in [1.165, 1.54) is 49.5 Å². The molecule has 0 saturated carbocycles. The molecule has 0 N–H and O–H groups in total. The molecule has 0 atom stereocenters. The van der Waals surface area contributed by atoms with E-state index in [-0.39, 0.29) is 0 Å². The van der Waals surface area contributed by atoms with Crippen LogP contribution in [0.2, 0.25) is 0 Å². The predicted molar refractivity (Wildman–Crippen MR) is 195 cm³/mol. The lowest BCUT2D eigenvalue weighted by Gasteiger charge is -2.27. The predicted octanol–water partition coefficient (Wildman–Crippen LogP) is 12.6. The van der Waals surface area contributed by atoms with Gasteiger partial charge in [0.1, 0.15) is 0 Å². The summed E-state index contributed by atoms with van der Waals surface area (Å²) in [5.41, 5.74) is 12.1. The molecule has 8 aromatic carbocycles. The average molecular weight is 587 g/mol. The molecule has 0 aromatic heterocycles. The second kappa shape index (κ2) is 10.8. The van der Waals surface area contributed by atoms with Gasteiger partial charge >= 0.3 is 0 Å². The minimum absolute atomic E-state index is 1.14. The number of hydrogen-bond donors (Lipinski definition) is 0. The smallest absolute Gasteiger partial charge is 0.0540 e. The van der Waals surface area contributed by atoms with Crippen LogP contribution in [0.3, 0.4) is 0 Å². The maximum absolute atomic E-state index is 2.39. The molecular formula is C44H30N2. The molecule has 0 fully saturated rings. The molecule has 0 bridgehead atoms. The van der Waals surface area contributed by atoms with E-state index < -0.39 is 0 Å². The minimum Gasteiger partial charge on any atom is -0.310 e. The highest BCUT2D eigenvalue weighted by Gasteiger charge is 2.25. The topological polar surface area (TPSA) is 6.48 Å². The highest BCUT2D eigenvalue weighted by Crippen LogP contribution is 2.52. The van der Waals surface area contributed by atoms with Gasteiger partial charge in [0.05, 0.1) is 5.69 Å². The first-order valence-electron chi connectivity index (χ1n) is 15.8. The monoisotopic (exact) mass is 586 g/mol. The Morgan fingerprint density at radius 3 is 1.35 bits per heavy atom. The summed E-state index contributed by atoms with van der Waals surface area (Å²) >= 11 is 0. The van der Waals surface area contributed by atoms with Crippen molar-refractivity contribution >= 4 is 55.7 Å². The van der Waals surface area contributed by atoms with Crippen LogP contribution in [0.1, 0.15) is 0 Å². The van der Waals surface area contributed by atoms with Crippen molar-refractivity contribution in [2.75, 3.05) is 9.80 Å². The molecule has 0 saturated heterocycles.